The van der Waals surface area contributed by atoms with E-state index >= 15 is 0 Å². The molecule has 3 nitrogen and oxygen atoms in total. The van der Waals surface area contributed by atoms with Crippen molar-refractivity contribution in [1.29, 1.82) is 0 Å². The monoisotopic (exact) mass is 414 g/mol. The Bertz CT molecular complexity index is 1210. The zero-order valence-corrected chi connectivity index (χ0v) is 17.6. The second-order valence-corrected chi connectivity index (χ2v) is 8.34. The number of rotatable bonds is 4. The number of aromatic nitrogens is 1. The Morgan fingerprint density at radius 1 is 0.933 bits per heavy atom. The Morgan fingerprint density at radius 2 is 1.63 bits per heavy atom. The van der Waals surface area contributed by atoms with Gasteiger partial charge in [0.25, 0.3) is 0 Å². The average Bonchev–Trinajstić information content (AvgIpc) is 3.27. The van der Waals surface area contributed by atoms with Gasteiger partial charge >= 0.3 is 0 Å². The summed E-state index contributed by atoms with van der Waals surface area (Å²) in [6.45, 7) is 0.633. The lowest BCUT2D eigenvalue weighted by Gasteiger charge is -2.26. The molecule has 4 aromatic rings. The Kier molecular flexibility index (Phi) is 4.84. The topological polar surface area (TPSA) is 25.2 Å². The van der Waals surface area contributed by atoms with Crippen LogP contribution in [0.4, 0.5) is 0 Å². The molecule has 0 radical (unpaired) electrons. The number of fused-ring (bicyclic) bond motifs is 1. The maximum absolute atomic E-state index is 12.9. The quantitative estimate of drug-likeness (QED) is 0.381. The number of para-hydroxylation sites is 1. The molecule has 0 bridgehead atoms. The Balaban J connectivity index is 1.68. The highest BCUT2D eigenvalue weighted by Gasteiger charge is 2.36. The SMILES string of the molecule is Cn1c(-c2ccc(Cl)cc2)c([C@H]2CCC(=O)N2Cc2ccccc2)c2ccccc21. The van der Waals surface area contributed by atoms with Crippen LogP contribution in [0.1, 0.15) is 30.0 Å². The van der Waals surface area contributed by atoms with Crippen LogP contribution < -0.4 is 0 Å². The molecular formula is C26H23ClN2O. The zero-order valence-electron chi connectivity index (χ0n) is 16.9. The largest absolute Gasteiger partial charge is 0.343 e. The third kappa shape index (κ3) is 3.20. The van der Waals surface area contributed by atoms with E-state index < -0.39 is 0 Å². The summed E-state index contributed by atoms with van der Waals surface area (Å²) >= 11 is 6.16. The van der Waals surface area contributed by atoms with E-state index in [0.29, 0.717) is 13.0 Å². The van der Waals surface area contributed by atoms with Gasteiger partial charge in [-0.25, -0.2) is 0 Å². The van der Waals surface area contributed by atoms with Crippen molar-refractivity contribution in [3.8, 4) is 11.3 Å². The van der Waals surface area contributed by atoms with Crippen LogP contribution in [0, 0.1) is 0 Å². The molecule has 5 rings (SSSR count). The van der Waals surface area contributed by atoms with Crippen LogP contribution in [0.15, 0.2) is 78.9 Å². The summed E-state index contributed by atoms with van der Waals surface area (Å²) in [4.78, 5) is 15.0. The maximum atomic E-state index is 12.9. The van der Waals surface area contributed by atoms with Gasteiger partial charge in [0.2, 0.25) is 5.91 Å². The van der Waals surface area contributed by atoms with Crippen molar-refractivity contribution in [3.05, 3.63) is 95.0 Å². The molecule has 2 heterocycles. The van der Waals surface area contributed by atoms with Crippen LogP contribution in [-0.4, -0.2) is 15.4 Å². The molecule has 0 aliphatic carbocycles. The highest BCUT2D eigenvalue weighted by molar-refractivity contribution is 6.30. The summed E-state index contributed by atoms with van der Waals surface area (Å²) in [5.74, 6) is 0.221. The lowest BCUT2D eigenvalue weighted by Crippen LogP contribution is -2.27. The minimum atomic E-state index is 0.0504. The normalized spacial score (nSPS) is 16.5. The molecule has 1 atom stereocenters. The van der Waals surface area contributed by atoms with Crippen molar-refractivity contribution in [2.45, 2.75) is 25.4 Å². The van der Waals surface area contributed by atoms with Gasteiger partial charge in [-0.15, -0.1) is 0 Å². The summed E-state index contributed by atoms with van der Waals surface area (Å²) in [5.41, 5.74) is 5.84. The second kappa shape index (κ2) is 7.66. The van der Waals surface area contributed by atoms with Gasteiger partial charge < -0.3 is 9.47 Å². The fourth-order valence-electron chi connectivity index (χ4n) is 4.73. The molecule has 1 saturated heterocycles. The van der Waals surface area contributed by atoms with E-state index in [9.17, 15) is 4.79 Å². The van der Waals surface area contributed by atoms with E-state index in [0.717, 1.165) is 28.3 Å². The average molecular weight is 415 g/mol. The molecule has 1 amide bonds. The van der Waals surface area contributed by atoms with Crippen LogP contribution in [0.25, 0.3) is 22.2 Å². The summed E-state index contributed by atoms with van der Waals surface area (Å²) in [5, 5.41) is 1.93. The lowest BCUT2D eigenvalue weighted by atomic mass is 9.96. The molecule has 0 saturated carbocycles. The molecule has 1 fully saturated rings. The number of carbonyl (C=O) groups excluding carboxylic acids is 1. The highest BCUT2D eigenvalue weighted by Crippen LogP contribution is 2.44. The number of amides is 1. The fourth-order valence-corrected chi connectivity index (χ4v) is 4.85. The van der Waals surface area contributed by atoms with Crippen molar-refractivity contribution >= 4 is 28.4 Å². The van der Waals surface area contributed by atoms with Crippen LogP contribution in [0.3, 0.4) is 0 Å². The molecule has 1 aromatic heterocycles. The summed E-state index contributed by atoms with van der Waals surface area (Å²) in [7, 11) is 2.11. The van der Waals surface area contributed by atoms with Crippen LogP contribution >= 0.6 is 11.6 Å². The third-order valence-electron chi connectivity index (χ3n) is 6.12. The van der Waals surface area contributed by atoms with Gasteiger partial charge in [-0.1, -0.05) is 72.3 Å². The van der Waals surface area contributed by atoms with Gasteiger partial charge in [0.05, 0.1) is 11.7 Å². The summed E-state index contributed by atoms with van der Waals surface area (Å²) < 4.78 is 2.25. The first-order chi connectivity index (χ1) is 14.6. The number of hydrogen-bond acceptors (Lipinski definition) is 1. The van der Waals surface area contributed by atoms with Crippen LogP contribution in [0.2, 0.25) is 5.02 Å². The van der Waals surface area contributed by atoms with E-state index in [4.69, 9.17) is 11.6 Å². The van der Waals surface area contributed by atoms with Crippen LogP contribution in [0.5, 0.6) is 0 Å². The number of hydrogen-bond donors (Lipinski definition) is 0. The minimum absolute atomic E-state index is 0.0504. The van der Waals surface area contributed by atoms with E-state index in [2.05, 4.69) is 65.0 Å². The van der Waals surface area contributed by atoms with E-state index in [1.54, 1.807) is 0 Å². The third-order valence-corrected chi connectivity index (χ3v) is 6.37. The van der Waals surface area contributed by atoms with E-state index in [1.165, 1.54) is 16.5 Å². The molecule has 1 aliphatic heterocycles. The number of halogens is 1. The predicted molar refractivity (Wildman–Crippen MR) is 122 cm³/mol. The second-order valence-electron chi connectivity index (χ2n) is 7.91. The van der Waals surface area contributed by atoms with Crippen molar-refractivity contribution in [2.75, 3.05) is 0 Å². The van der Waals surface area contributed by atoms with Gasteiger partial charge in [-0.05, 0) is 35.7 Å². The molecule has 30 heavy (non-hydrogen) atoms. The first-order valence-electron chi connectivity index (χ1n) is 10.3. The maximum Gasteiger partial charge on any atom is 0.223 e. The number of likely N-dealkylation sites (tertiary alicyclic amines) is 1. The van der Waals surface area contributed by atoms with Crippen molar-refractivity contribution in [2.24, 2.45) is 7.05 Å². The van der Waals surface area contributed by atoms with Crippen LogP contribution in [-0.2, 0) is 18.4 Å². The standard InChI is InChI=1S/C26H23ClN2O/c1-28-22-10-6-5-9-21(22)25(26(28)19-11-13-20(27)14-12-19)23-15-16-24(30)29(23)17-18-7-3-2-4-8-18/h2-14,23H,15-17H2,1H3/t23-/m1/s1. The van der Waals surface area contributed by atoms with Crippen molar-refractivity contribution in [1.82, 2.24) is 9.47 Å². The molecule has 1 aliphatic rings. The summed E-state index contributed by atoms with van der Waals surface area (Å²) in [6, 6.07) is 26.8. The molecular weight excluding hydrogens is 392 g/mol. The van der Waals surface area contributed by atoms with Crippen molar-refractivity contribution < 1.29 is 4.79 Å². The number of benzene rings is 3. The van der Waals surface area contributed by atoms with E-state index in [-0.39, 0.29) is 11.9 Å². The molecule has 4 heteroatoms. The van der Waals surface area contributed by atoms with Crippen molar-refractivity contribution in [3.63, 3.8) is 0 Å². The smallest absolute Gasteiger partial charge is 0.223 e. The fraction of sp³-hybridized carbons (Fsp3) is 0.192. The minimum Gasteiger partial charge on any atom is -0.343 e. The first kappa shape index (κ1) is 19.0. The van der Waals surface area contributed by atoms with Gasteiger partial charge in [-0.3, -0.25) is 4.79 Å². The lowest BCUT2D eigenvalue weighted by molar-refractivity contribution is -0.129. The van der Waals surface area contributed by atoms with Gasteiger partial charge in [-0.2, -0.15) is 0 Å². The molecule has 0 unspecified atom stereocenters. The Hall–Kier alpha value is -3.04. The molecule has 150 valence electrons. The number of carbonyl (C=O) groups is 1. The van der Waals surface area contributed by atoms with E-state index in [1.807, 2.05) is 30.3 Å². The zero-order chi connectivity index (χ0) is 20.7. The van der Waals surface area contributed by atoms with Gasteiger partial charge in [0.15, 0.2) is 0 Å². The predicted octanol–water partition coefficient (Wildman–Crippen LogP) is 6.36. The summed E-state index contributed by atoms with van der Waals surface area (Å²) in [6.07, 6.45) is 1.42. The van der Waals surface area contributed by atoms with Gasteiger partial charge in [0.1, 0.15) is 0 Å². The number of nitrogens with zero attached hydrogens (tertiary/aromatic N) is 2. The first-order valence-corrected chi connectivity index (χ1v) is 10.7. The molecule has 0 N–H and O–H groups in total. The molecule has 3 aromatic carbocycles. The highest BCUT2D eigenvalue weighted by atomic mass is 35.5. The Morgan fingerprint density at radius 3 is 2.40 bits per heavy atom. The Labute approximate surface area is 181 Å². The molecule has 0 spiro atoms. The number of aryl methyl sites for hydroxylation is 1. The van der Waals surface area contributed by atoms with Gasteiger partial charge in [0, 0.05) is 41.5 Å².